The van der Waals surface area contributed by atoms with Crippen molar-refractivity contribution in [2.75, 3.05) is 11.1 Å². The van der Waals surface area contributed by atoms with Gasteiger partial charge in [0.2, 0.25) is 5.91 Å². The maximum absolute atomic E-state index is 12.5. The molecule has 32 heavy (non-hydrogen) atoms. The summed E-state index contributed by atoms with van der Waals surface area (Å²) in [7, 11) is 0. The maximum Gasteiger partial charge on any atom is 0.251 e. The van der Waals surface area contributed by atoms with Crippen LogP contribution < -0.4 is 10.6 Å². The van der Waals surface area contributed by atoms with Crippen molar-refractivity contribution < 1.29 is 9.59 Å². The topological polar surface area (TPSA) is 88.9 Å². The molecule has 1 atom stereocenters. The van der Waals surface area contributed by atoms with Crippen molar-refractivity contribution in [3.8, 4) is 0 Å². The Kier molecular flexibility index (Phi) is 8.66. The maximum atomic E-state index is 12.5. The van der Waals surface area contributed by atoms with Crippen molar-refractivity contribution >= 4 is 61.1 Å². The number of halogens is 2. The minimum Gasteiger partial charge on any atom is -0.342 e. The van der Waals surface area contributed by atoms with Crippen LogP contribution in [0.15, 0.2) is 75.3 Å². The lowest BCUT2D eigenvalue weighted by Crippen LogP contribution is -2.28. The summed E-state index contributed by atoms with van der Waals surface area (Å²) in [5.74, 6) is 0.374. The molecule has 2 amide bonds. The van der Waals surface area contributed by atoms with Crippen molar-refractivity contribution in [1.29, 1.82) is 0 Å². The van der Waals surface area contributed by atoms with Crippen LogP contribution in [0.1, 0.15) is 29.1 Å². The second-order valence-electron chi connectivity index (χ2n) is 6.76. The first-order chi connectivity index (χ1) is 15.4. The average molecular weight is 579 g/mol. The Morgan fingerprint density at radius 3 is 2.66 bits per heavy atom. The normalized spacial score (nSPS) is 11.6. The SMILES string of the molecule is C=CCn1c(SCC(=O)Nc2cc(Br)ccc2Br)nnc1[C@@H](C)NC(=O)c1ccccc1. The first-order valence-corrected chi connectivity index (χ1v) is 12.2. The molecule has 7 nitrogen and oxygen atoms in total. The van der Waals surface area contributed by atoms with Crippen LogP contribution in [0.2, 0.25) is 0 Å². The Morgan fingerprint density at radius 2 is 1.94 bits per heavy atom. The number of hydrogen-bond donors (Lipinski definition) is 2. The Hall–Kier alpha value is -2.43. The van der Waals surface area contributed by atoms with E-state index in [4.69, 9.17) is 0 Å². The largest absolute Gasteiger partial charge is 0.342 e. The number of rotatable bonds is 9. The molecule has 3 rings (SSSR count). The molecule has 10 heteroatoms. The quantitative estimate of drug-likeness (QED) is 0.269. The van der Waals surface area contributed by atoms with E-state index in [0.717, 1.165) is 8.95 Å². The van der Waals surface area contributed by atoms with E-state index < -0.39 is 0 Å². The molecule has 0 saturated carbocycles. The van der Waals surface area contributed by atoms with Crippen LogP contribution in [-0.4, -0.2) is 32.3 Å². The van der Waals surface area contributed by atoms with Crippen molar-refractivity contribution in [3.05, 3.63) is 81.5 Å². The van der Waals surface area contributed by atoms with Gasteiger partial charge in [0.25, 0.3) is 5.91 Å². The number of thioether (sulfide) groups is 1. The lowest BCUT2D eigenvalue weighted by Gasteiger charge is -2.15. The van der Waals surface area contributed by atoms with Gasteiger partial charge < -0.3 is 15.2 Å². The van der Waals surface area contributed by atoms with Gasteiger partial charge in [0.1, 0.15) is 0 Å². The summed E-state index contributed by atoms with van der Waals surface area (Å²) in [5.41, 5.74) is 1.24. The molecule has 166 valence electrons. The highest BCUT2D eigenvalue weighted by atomic mass is 79.9. The highest BCUT2D eigenvalue weighted by Crippen LogP contribution is 2.27. The fraction of sp³-hybridized carbons (Fsp3) is 0.182. The van der Waals surface area contributed by atoms with E-state index in [1.54, 1.807) is 18.2 Å². The molecule has 1 aromatic heterocycles. The van der Waals surface area contributed by atoms with Gasteiger partial charge in [-0.2, -0.15) is 0 Å². The van der Waals surface area contributed by atoms with E-state index in [-0.39, 0.29) is 23.6 Å². The second kappa shape index (κ2) is 11.4. The Morgan fingerprint density at radius 1 is 1.19 bits per heavy atom. The van der Waals surface area contributed by atoms with Gasteiger partial charge in [-0.3, -0.25) is 9.59 Å². The molecule has 0 bridgehead atoms. The van der Waals surface area contributed by atoms with Gasteiger partial charge in [-0.1, -0.05) is 52.0 Å². The highest BCUT2D eigenvalue weighted by Gasteiger charge is 2.20. The molecule has 0 aliphatic rings. The van der Waals surface area contributed by atoms with Crippen molar-refractivity contribution in [1.82, 2.24) is 20.1 Å². The zero-order chi connectivity index (χ0) is 23.1. The number of benzene rings is 2. The number of hydrogen-bond acceptors (Lipinski definition) is 5. The average Bonchev–Trinajstić information content (AvgIpc) is 3.18. The number of anilines is 1. The fourth-order valence-electron chi connectivity index (χ4n) is 2.87. The zero-order valence-corrected chi connectivity index (χ0v) is 21.2. The summed E-state index contributed by atoms with van der Waals surface area (Å²) in [4.78, 5) is 24.9. The number of allylic oxidation sites excluding steroid dienone is 1. The van der Waals surface area contributed by atoms with E-state index in [9.17, 15) is 9.59 Å². The monoisotopic (exact) mass is 577 g/mol. The molecular weight excluding hydrogens is 558 g/mol. The molecular formula is C22H21Br2N5O2S. The molecule has 0 saturated heterocycles. The van der Waals surface area contributed by atoms with Gasteiger partial charge in [0.05, 0.1) is 17.5 Å². The van der Waals surface area contributed by atoms with Crippen LogP contribution in [0.5, 0.6) is 0 Å². The summed E-state index contributed by atoms with van der Waals surface area (Å²) < 4.78 is 3.50. The van der Waals surface area contributed by atoms with Crippen LogP contribution in [0.4, 0.5) is 5.69 Å². The second-order valence-corrected chi connectivity index (χ2v) is 9.47. The summed E-state index contributed by atoms with van der Waals surface area (Å²) in [6, 6.07) is 14.2. The number of carbonyl (C=O) groups excluding carboxylic acids is 2. The number of amides is 2. The highest BCUT2D eigenvalue weighted by molar-refractivity contribution is 9.11. The molecule has 2 N–H and O–H groups in total. The van der Waals surface area contributed by atoms with Crippen LogP contribution in [0.3, 0.4) is 0 Å². The smallest absolute Gasteiger partial charge is 0.251 e. The predicted molar refractivity (Wildman–Crippen MR) is 134 cm³/mol. The standard InChI is InChI=1S/C22H21Br2N5O2S/c1-3-11-29-20(14(2)25-21(31)15-7-5-4-6-8-15)27-28-22(29)32-13-19(30)26-18-12-16(23)9-10-17(18)24/h3-10,12,14H,1,11,13H2,2H3,(H,25,31)(H,26,30)/t14-/m1/s1. The molecule has 2 aromatic carbocycles. The van der Waals surface area contributed by atoms with Crippen LogP contribution in [0.25, 0.3) is 0 Å². The van der Waals surface area contributed by atoms with Gasteiger partial charge in [-0.15, -0.1) is 16.8 Å². The van der Waals surface area contributed by atoms with E-state index in [0.29, 0.717) is 28.8 Å². The molecule has 0 spiro atoms. The Labute approximate surface area is 207 Å². The Balaban J connectivity index is 1.67. The van der Waals surface area contributed by atoms with E-state index >= 15 is 0 Å². The van der Waals surface area contributed by atoms with E-state index in [1.165, 1.54) is 11.8 Å². The summed E-state index contributed by atoms with van der Waals surface area (Å²) >= 11 is 8.09. The number of aromatic nitrogens is 3. The van der Waals surface area contributed by atoms with Crippen molar-refractivity contribution in [2.24, 2.45) is 0 Å². The predicted octanol–water partition coefficient (Wildman–Crippen LogP) is 5.21. The van der Waals surface area contributed by atoms with E-state index in [2.05, 4.69) is 59.3 Å². The van der Waals surface area contributed by atoms with Crippen LogP contribution in [-0.2, 0) is 11.3 Å². The lowest BCUT2D eigenvalue weighted by atomic mass is 10.2. The van der Waals surface area contributed by atoms with Gasteiger partial charge >= 0.3 is 0 Å². The molecule has 0 aliphatic heterocycles. The third-order valence-corrected chi connectivity index (χ3v) is 6.51. The molecule has 0 aliphatic carbocycles. The molecule has 1 heterocycles. The van der Waals surface area contributed by atoms with Crippen molar-refractivity contribution in [2.45, 2.75) is 24.7 Å². The van der Waals surface area contributed by atoms with Crippen molar-refractivity contribution in [3.63, 3.8) is 0 Å². The first kappa shape index (κ1) is 24.2. The van der Waals surface area contributed by atoms with E-state index in [1.807, 2.05) is 47.9 Å². The first-order valence-electron chi connectivity index (χ1n) is 9.66. The minimum absolute atomic E-state index is 0.152. The zero-order valence-electron chi connectivity index (χ0n) is 17.2. The molecule has 3 aromatic rings. The Bertz CT molecular complexity index is 1120. The third-order valence-electron chi connectivity index (χ3n) is 4.36. The van der Waals surface area contributed by atoms with Gasteiger partial charge in [-0.25, -0.2) is 0 Å². The molecule has 0 fully saturated rings. The fourth-order valence-corrected chi connectivity index (χ4v) is 4.33. The van der Waals surface area contributed by atoms with Gasteiger partial charge in [-0.05, 0) is 53.2 Å². The van der Waals surface area contributed by atoms with Gasteiger partial charge in [0.15, 0.2) is 11.0 Å². The number of nitrogens with one attached hydrogen (secondary N) is 2. The summed E-state index contributed by atoms with van der Waals surface area (Å²) in [6.07, 6.45) is 1.72. The summed E-state index contributed by atoms with van der Waals surface area (Å²) in [6.45, 7) is 6.09. The molecule has 0 radical (unpaired) electrons. The van der Waals surface area contributed by atoms with Crippen LogP contribution >= 0.6 is 43.6 Å². The van der Waals surface area contributed by atoms with Crippen LogP contribution in [0, 0.1) is 0 Å². The third kappa shape index (κ3) is 6.30. The number of carbonyl (C=O) groups is 2. The molecule has 0 unspecified atom stereocenters. The summed E-state index contributed by atoms with van der Waals surface area (Å²) in [5, 5.41) is 14.9. The number of nitrogens with zero attached hydrogens (tertiary/aromatic N) is 3. The van der Waals surface area contributed by atoms with Gasteiger partial charge in [0, 0.05) is 21.1 Å². The minimum atomic E-state index is -0.379. The lowest BCUT2D eigenvalue weighted by molar-refractivity contribution is -0.113.